The Morgan fingerprint density at radius 2 is 1.73 bits per heavy atom. The maximum atomic E-state index is 13.1. The van der Waals surface area contributed by atoms with Crippen LogP contribution in [0.25, 0.3) is 0 Å². The molecule has 2 aromatic heterocycles. The first-order valence-corrected chi connectivity index (χ1v) is 23.2. The maximum Gasteiger partial charge on any atom is 0.272 e. The van der Waals surface area contributed by atoms with Crippen molar-refractivity contribution in [3.63, 3.8) is 0 Å². The Morgan fingerprint density at radius 1 is 0.905 bits per heavy atom. The van der Waals surface area contributed by atoms with Gasteiger partial charge in [-0.2, -0.15) is 15.6 Å². The first-order valence-electron chi connectivity index (χ1n) is 22.8. The molecule has 4 aliphatic heterocycles. The van der Waals surface area contributed by atoms with Crippen molar-refractivity contribution in [1.82, 2.24) is 35.1 Å². The largest absolute Gasteiger partial charge is 0.490 e. The molecule has 0 radical (unpaired) electrons. The zero-order chi connectivity index (χ0) is 43.6. The second-order valence-corrected chi connectivity index (χ2v) is 18.6. The van der Waals surface area contributed by atoms with Crippen molar-refractivity contribution < 1.29 is 14.3 Å². The molecule has 0 bridgehead atoms. The van der Waals surface area contributed by atoms with Crippen LogP contribution in [0.1, 0.15) is 110 Å². The fraction of sp³-hybridized carbons (Fsp3) is 0.521. The average Bonchev–Trinajstić information content (AvgIpc) is 3.69. The van der Waals surface area contributed by atoms with E-state index in [2.05, 4.69) is 60.0 Å². The van der Waals surface area contributed by atoms with Crippen molar-refractivity contribution in [2.24, 2.45) is 11.8 Å². The number of halogens is 1. The van der Waals surface area contributed by atoms with E-state index in [0.717, 1.165) is 127 Å². The number of nitrogens with zero attached hydrogens (tertiary/aromatic N) is 10. The molecule has 0 unspecified atom stereocenters. The van der Waals surface area contributed by atoms with Gasteiger partial charge in [-0.3, -0.25) is 14.3 Å². The van der Waals surface area contributed by atoms with Gasteiger partial charge in [0.15, 0.2) is 17.3 Å². The Hall–Kier alpha value is -5.70. The topological polar surface area (TPSA) is 160 Å². The van der Waals surface area contributed by atoms with Crippen molar-refractivity contribution in [2.45, 2.75) is 103 Å². The van der Waals surface area contributed by atoms with Crippen LogP contribution in [0.3, 0.4) is 0 Å². The van der Waals surface area contributed by atoms with Crippen LogP contribution in [0.2, 0.25) is 5.02 Å². The maximum absolute atomic E-state index is 13.1. The van der Waals surface area contributed by atoms with E-state index in [4.69, 9.17) is 26.7 Å². The van der Waals surface area contributed by atoms with E-state index in [9.17, 15) is 14.9 Å². The molecule has 2 atom stereocenters. The number of aryl methyl sites for hydroxylation is 1. The van der Waals surface area contributed by atoms with Gasteiger partial charge in [0.25, 0.3) is 5.91 Å². The number of nitrogens with one attached hydrogen (secondary N) is 1. The third-order valence-corrected chi connectivity index (χ3v) is 14.5. The lowest BCUT2D eigenvalue weighted by atomic mass is 9.86. The molecule has 2 aromatic carbocycles. The Kier molecular flexibility index (Phi) is 12.6. The van der Waals surface area contributed by atoms with E-state index < -0.39 is 0 Å². The van der Waals surface area contributed by atoms with E-state index >= 15 is 0 Å². The minimum absolute atomic E-state index is 0.0297. The summed E-state index contributed by atoms with van der Waals surface area (Å²) in [6.07, 6.45) is 9.15. The minimum atomic E-state index is -0.204. The Labute approximate surface area is 374 Å². The van der Waals surface area contributed by atoms with Crippen LogP contribution in [-0.4, -0.2) is 99.6 Å². The number of piperidine rings is 2. The van der Waals surface area contributed by atoms with Gasteiger partial charge in [0.05, 0.1) is 40.9 Å². The fourth-order valence-electron chi connectivity index (χ4n) is 10.5. The highest BCUT2D eigenvalue weighted by Gasteiger charge is 2.35. The molecule has 0 spiro atoms. The molecule has 6 heterocycles. The van der Waals surface area contributed by atoms with E-state index in [0.29, 0.717) is 52.0 Å². The van der Waals surface area contributed by atoms with Gasteiger partial charge in [-0.15, -0.1) is 10.2 Å². The number of fused-ring (bicyclic) bond motifs is 2. The van der Waals surface area contributed by atoms with Gasteiger partial charge in [-0.05, 0) is 118 Å². The second kappa shape index (κ2) is 18.6. The minimum Gasteiger partial charge on any atom is -0.490 e. The number of hydrogen-bond acceptors (Lipinski definition) is 11. The van der Waals surface area contributed by atoms with Crippen molar-refractivity contribution in [3.05, 3.63) is 87.2 Å². The summed E-state index contributed by atoms with van der Waals surface area (Å²) < 4.78 is 8.44. The van der Waals surface area contributed by atoms with Crippen LogP contribution in [0.5, 0.6) is 5.75 Å². The van der Waals surface area contributed by atoms with Gasteiger partial charge in [-0.1, -0.05) is 18.5 Å². The normalized spacial score (nSPS) is 23.0. The molecule has 1 aliphatic carbocycles. The fourth-order valence-corrected chi connectivity index (χ4v) is 10.7. The number of benzene rings is 2. The highest BCUT2D eigenvalue weighted by Crippen LogP contribution is 2.40. The number of aromatic nitrogens is 4. The van der Waals surface area contributed by atoms with E-state index in [-0.39, 0.29) is 24.0 Å². The highest BCUT2D eigenvalue weighted by atomic mass is 35.5. The third-order valence-electron chi connectivity index (χ3n) is 14.2. The summed E-state index contributed by atoms with van der Waals surface area (Å²) in [6.45, 7) is 11.1. The third kappa shape index (κ3) is 9.20. The number of carbonyl (C=O) groups excluding carboxylic acids is 2. The Morgan fingerprint density at radius 3 is 2.44 bits per heavy atom. The van der Waals surface area contributed by atoms with Gasteiger partial charge in [0.1, 0.15) is 11.8 Å². The number of anilines is 3. The number of nitriles is 2. The van der Waals surface area contributed by atoms with E-state index in [1.807, 2.05) is 23.1 Å². The lowest BCUT2D eigenvalue weighted by Gasteiger charge is -2.41. The summed E-state index contributed by atoms with van der Waals surface area (Å²) in [5.41, 5.74) is 6.20. The van der Waals surface area contributed by atoms with Gasteiger partial charge in [0, 0.05) is 88.2 Å². The Bertz CT molecular complexity index is 2410. The Balaban J connectivity index is 0.757. The quantitative estimate of drug-likeness (QED) is 0.185. The molecule has 5 aliphatic rings. The van der Waals surface area contributed by atoms with Crippen LogP contribution < -0.4 is 19.9 Å². The van der Waals surface area contributed by atoms with Gasteiger partial charge >= 0.3 is 0 Å². The average molecular weight is 871 g/mol. The lowest BCUT2D eigenvalue weighted by molar-refractivity contribution is -0.129. The summed E-state index contributed by atoms with van der Waals surface area (Å²) in [4.78, 5) is 34.9. The summed E-state index contributed by atoms with van der Waals surface area (Å²) in [5.74, 6) is 3.40. The van der Waals surface area contributed by atoms with Crippen molar-refractivity contribution in [1.29, 1.82) is 10.5 Å². The smallest absolute Gasteiger partial charge is 0.272 e. The second-order valence-electron chi connectivity index (χ2n) is 18.2. The van der Waals surface area contributed by atoms with Gasteiger partial charge in [-0.25, -0.2) is 0 Å². The molecule has 1 saturated carbocycles. The summed E-state index contributed by atoms with van der Waals surface area (Å²) in [6, 6.07) is 19.6. The standard InChI is InChI=1S/C48H56ClN11O3/c1-31-28-58(46-14-12-43(53-54-46)48(62)52-37-7-10-39(11-8-37)63-40-9-6-35(27-51)42(49)25-40)22-15-36(31)29-56-20-16-38(17-21-56)60-45-18-23-57(32(2)61)30-41(45)47(55-60)59-19-3-4-34-24-33(26-50)5-13-44(34)59/h5-6,9,12-14,24-25,31,36-39H,3-4,7-8,10-11,15-23,28-30H2,1-2H3,(H,52,62)/t31-,36+,37?,39?/m0/s1. The van der Waals surface area contributed by atoms with Crippen LogP contribution in [0.15, 0.2) is 48.5 Å². The molecule has 14 nitrogen and oxygen atoms in total. The molecule has 3 fully saturated rings. The molecule has 4 aromatic rings. The highest BCUT2D eigenvalue weighted by molar-refractivity contribution is 6.31. The zero-order valence-electron chi connectivity index (χ0n) is 36.3. The molecule has 9 rings (SSSR count). The lowest BCUT2D eigenvalue weighted by Crippen LogP contribution is -2.46. The monoisotopic (exact) mass is 869 g/mol. The van der Waals surface area contributed by atoms with Crippen molar-refractivity contribution >= 4 is 40.7 Å². The summed E-state index contributed by atoms with van der Waals surface area (Å²) >= 11 is 6.18. The van der Waals surface area contributed by atoms with E-state index in [1.54, 1.807) is 31.2 Å². The summed E-state index contributed by atoms with van der Waals surface area (Å²) in [5, 5.41) is 36.5. The number of ether oxygens (including phenoxy) is 1. The van der Waals surface area contributed by atoms with Crippen LogP contribution in [0.4, 0.5) is 17.3 Å². The first-order chi connectivity index (χ1) is 30.6. The van der Waals surface area contributed by atoms with Crippen molar-refractivity contribution in [2.75, 3.05) is 55.6 Å². The van der Waals surface area contributed by atoms with Crippen molar-refractivity contribution in [3.8, 4) is 17.9 Å². The predicted octanol–water partition coefficient (Wildman–Crippen LogP) is 6.98. The number of likely N-dealkylation sites (tertiary alicyclic amines) is 1. The summed E-state index contributed by atoms with van der Waals surface area (Å²) in [7, 11) is 0. The predicted molar refractivity (Wildman–Crippen MR) is 240 cm³/mol. The number of carbonyl (C=O) groups is 2. The number of hydrogen-bond donors (Lipinski definition) is 1. The molecule has 2 saturated heterocycles. The SMILES string of the molecule is CC(=O)N1CCc2c(c(N3CCCc4cc(C#N)ccc43)nn2C2CCN(C[C@H]3CCN(c4ccc(C(=O)NC5CCC(Oc6ccc(C#N)c(Cl)c6)CC5)nn4)C[C@@H]3C)CC2)C1. The molecule has 2 amide bonds. The van der Waals surface area contributed by atoms with Crippen LogP contribution in [-0.2, 0) is 24.2 Å². The van der Waals surface area contributed by atoms with E-state index in [1.165, 1.54) is 16.8 Å². The molecule has 63 heavy (non-hydrogen) atoms. The zero-order valence-corrected chi connectivity index (χ0v) is 37.1. The molecular formula is C48H56ClN11O3. The molecular weight excluding hydrogens is 814 g/mol. The molecule has 1 N–H and O–H groups in total. The van der Waals surface area contributed by atoms with Gasteiger partial charge in [0.2, 0.25) is 5.91 Å². The van der Waals surface area contributed by atoms with Crippen LogP contribution in [0, 0.1) is 34.5 Å². The molecule has 15 heteroatoms. The van der Waals surface area contributed by atoms with Crippen LogP contribution >= 0.6 is 11.6 Å². The first kappa shape index (κ1) is 42.6. The number of rotatable bonds is 9. The molecule has 328 valence electrons. The van der Waals surface area contributed by atoms with Gasteiger partial charge < -0.3 is 29.7 Å². The number of amides is 2.